The van der Waals surface area contributed by atoms with E-state index in [1.807, 2.05) is 18.5 Å². The van der Waals surface area contributed by atoms with Crippen molar-refractivity contribution in [3.05, 3.63) is 101 Å². The van der Waals surface area contributed by atoms with Gasteiger partial charge >= 0.3 is 0 Å². The number of hydrogen-bond donors (Lipinski definition) is 0. The Kier molecular flexibility index (Phi) is 4.59. The summed E-state index contributed by atoms with van der Waals surface area (Å²) in [4.78, 5) is 4.63. The molecule has 0 amide bonds. The predicted molar refractivity (Wildman–Crippen MR) is 111 cm³/mol. The minimum absolute atomic E-state index is 0.200. The first-order chi connectivity index (χ1) is 13.1. The van der Waals surface area contributed by atoms with Crippen LogP contribution in [0.15, 0.2) is 77.9 Å². The van der Waals surface area contributed by atoms with Crippen LogP contribution in [0.1, 0.15) is 22.3 Å². The third-order valence-electron chi connectivity index (χ3n) is 4.74. The molecule has 0 saturated heterocycles. The summed E-state index contributed by atoms with van der Waals surface area (Å²) in [5.74, 6) is -0.200. The lowest BCUT2D eigenvalue weighted by molar-refractivity contribution is 0.624. The zero-order valence-corrected chi connectivity index (χ0v) is 15.5. The fraction of sp³-hybridized carbons (Fsp3) is 0.125. The summed E-state index contributed by atoms with van der Waals surface area (Å²) < 4.78 is 15.5. The van der Waals surface area contributed by atoms with Gasteiger partial charge in [-0.3, -0.25) is 4.99 Å². The Labute approximate surface area is 158 Å². The van der Waals surface area contributed by atoms with E-state index in [1.165, 1.54) is 17.2 Å². The maximum Gasteiger partial charge on any atom is 0.123 e. The smallest absolute Gasteiger partial charge is 0.123 e. The molecule has 27 heavy (non-hydrogen) atoms. The van der Waals surface area contributed by atoms with Crippen LogP contribution in [-0.2, 0) is 6.54 Å². The Balaban J connectivity index is 1.59. The Morgan fingerprint density at radius 1 is 0.963 bits per heavy atom. The third-order valence-corrected chi connectivity index (χ3v) is 4.74. The molecule has 0 aliphatic heterocycles. The topological polar surface area (TPSA) is 17.3 Å². The highest BCUT2D eigenvalue weighted by Gasteiger charge is 2.04. The van der Waals surface area contributed by atoms with Crippen LogP contribution in [0.3, 0.4) is 0 Å². The van der Waals surface area contributed by atoms with E-state index in [2.05, 4.69) is 65.9 Å². The lowest BCUT2D eigenvalue weighted by atomic mass is 10.1. The second kappa shape index (κ2) is 7.20. The standard InChI is InChI=1S/C24H21FN2/c1-17-6-8-23(18(2)12-17)26-15-19-7-9-24-21(13-19)10-11-27(24)16-20-4-3-5-22(25)14-20/h3-15H,16H2,1-2H3. The van der Waals surface area contributed by atoms with E-state index in [1.54, 1.807) is 12.1 Å². The van der Waals surface area contributed by atoms with Gasteiger partial charge in [0.2, 0.25) is 0 Å². The van der Waals surface area contributed by atoms with E-state index in [0.717, 1.165) is 27.7 Å². The summed E-state index contributed by atoms with van der Waals surface area (Å²) in [6.07, 6.45) is 3.95. The van der Waals surface area contributed by atoms with Crippen LogP contribution in [0.5, 0.6) is 0 Å². The van der Waals surface area contributed by atoms with Crippen LogP contribution >= 0.6 is 0 Å². The first kappa shape index (κ1) is 17.2. The molecule has 0 saturated carbocycles. The van der Waals surface area contributed by atoms with Gasteiger partial charge in [-0.1, -0.05) is 35.9 Å². The fourth-order valence-corrected chi connectivity index (χ4v) is 3.36. The maximum atomic E-state index is 13.4. The molecule has 4 aromatic rings. The van der Waals surface area contributed by atoms with Gasteiger partial charge in [0.05, 0.1) is 5.69 Å². The van der Waals surface area contributed by atoms with Crippen molar-refractivity contribution in [3.63, 3.8) is 0 Å². The van der Waals surface area contributed by atoms with Crippen molar-refractivity contribution in [3.8, 4) is 0 Å². The second-order valence-corrected chi connectivity index (χ2v) is 6.94. The van der Waals surface area contributed by atoms with Gasteiger partial charge in [0.15, 0.2) is 0 Å². The van der Waals surface area contributed by atoms with E-state index >= 15 is 0 Å². The van der Waals surface area contributed by atoms with Crippen LogP contribution in [0, 0.1) is 19.7 Å². The Bertz CT molecular complexity index is 1140. The van der Waals surface area contributed by atoms with Crippen molar-refractivity contribution < 1.29 is 4.39 Å². The number of aryl methyl sites for hydroxylation is 2. The van der Waals surface area contributed by atoms with E-state index in [0.29, 0.717) is 6.54 Å². The van der Waals surface area contributed by atoms with Gasteiger partial charge < -0.3 is 4.57 Å². The van der Waals surface area contributed by atoms with Gasteiger partial charge in [-0.25, -0.2) is 4.39 Å². The van der Waals surface area contributed by atoms with Gasteiger partial charge in [-0.15, -0.1) is 0 Å². The van der Waals surface area contributed by atoms with Crippen LogP contribution in [-0.4, -0.2) is 10.8 Å². The summed E-state index contributed by atoms with van der Waals surface area (Å²) in [5.41, 5.74) is 6.55. The van der Waals surface area contributed by atoms with Gasteiger partial charge in [0.1, 0.15) is 5.82 Å². The quantitative estimate of drug-likeness (QED) is 0.388. The van der Waals surface area contributed by atoms with Gasteiger partial charge in [0, 0.05) is 29.9 Å². The number of rotatable bonds is 4. The molecular weight excluding hydrogens is 335 g/mol. The summed E-state index contributed by atoms with van der Waals surface area (Å²) in [6.45, 7) is 4.82. The van der Waals surface area contributed by atoms with Crippen molar-refractivity contribution in [1.29, 1.82) is 0 Å². The lowest BCUT2D eigenvalue weighted by Gasteiger charge is -2.06. The lowest BCUT2D eigenvalue weighted by Crippen LogP contribution is -1.98. The average Bonchev–Trinajstić information content (AvgIpc) is 3.03. The molecule has 3 heteroatoms. The fourth-order valence-electron chi connectivity index (χ4n) is 3.36. The SMILES string of the molecule is Cc1ccc(N=Cc2ccc3c(ccn3Cc3cccc(F)c3)c2)c(C)c1. The number of aromatic nitrogens is 1. The molecular formula is C24H21FN2. The summed E-state index contributed by atoms with van der Waals surface area (Å²) in [5, 5.41) is 1.15. The second-order valence-electron chi connectivity index (χ2n) is 6.94. The van der Waals surface area contributed by atoms with E-state index in [4.69, 9.17) is 0 Å². The first-order valence-corrected chi connectivity index (χ1v) is 9.03. The molecule has 4 rings (SSSR count). The molecule has 0 aliphatic carbocycles. The molecule has 0 bridgehead atoms. The van der Waals surface area contributed by atoms with Crippen LogP contribution in [0.25, 0.3) is 10.9 Å². The largest absolute Gasteiger partial charge is 0.343 e. The maximum absolute atomic E-state index is 13.4. The molecule has 1 aromatic heterocycles. The molecule has 0 aliphatic rings. The molecule has 0 N–H and O–H groups in total. The molecule has 2 nitrogen and oxygen atoms in total. The minimum Gasteiger partial charge on any atom is -0.343 e. The minimum atomic E-state index is -0.200. The van der Waals surface area contributed by atoms with Crippen molar-refractivity contribution >= 4 is 22.8 Å². The Hall–Kier alpha value is -3.20. The van der Waals surface area contributed by atoms with Gasteiger partial charge in [0.25, 0.3) is 0 Å². The number of nitrogens with zero attached hydrogens (tertiary/aromatic N) is 2. The van der Waals surface area contributed by atoms with E-state index in [9.17, 15) is 4.39 Å². The van der Waals surface area contributed by atoms with Gasteiger partial charge in [-0.05, 0) is 66.9 Å². The van der Waals surface area contributed by atoms with Crippen LogP contribution in [0.2, 0.25) is 0 Å². The van der Waals surface area contributed by atoms with Gasteiger partial charge in [-0.2, -0.15) is 0 Å². The van der Waals surface area contributed by atoms with Crippen molar-refractivity contribution in [2.24, 2.45) is 4.99 Å². The van der Waals surface area contributed by atoms with Crippen molar-refractivity contribution in [2.45, 2.75) is 20.4 Å². The highest BCUT2D eigenvalue weighted by atomic mass is 19.1. The molecule has 1 heterocycles. The van der Waals surface area contributed by atoms with E-state index in [-0.39, 0.29) is 5.82 Å². The molecule has 0 fully saturated rings. The predicted octanol–water partition coefficient (Wildman–Crippen LogP) is 6.20. The summed E-state index contributed by atoms with van der Waals surface area (Å²) in [6, 6.07) is 21.4. The van der Waals surface area contributed by atoms with Crippen molar-refractivity contribution in [2.75, 3.05) is 0 Å². The zero-order valence-electron chi connectivity index (χ0n) is 15.5. The van der Waals surface area contributed by atoms with Crippen LogP contribution in [0.4, 0.5) is 10.1 Å². The average molecular weight is 356 g/mol. The highest BCUT2D eigenvalue weighted by Crippen LogP contribution is 2.21. The molecule has 0 radical (unpaired) electrons. The first-order valence-electron chi connectivity index (χ1n) is 9.03. The number of aliphatic imine (C=N–C) groups is 1. The number of halogens is 1. The molecule has 3 aromatic carbocycles. The zero-order chi connectivity index (χ0) is 18.8. The summed E-state index contributed by atoms with van der Waals surface area (Å²) in [7, 11) is 0. The van der Waals surface area contributed by atoms with E-state index < -0.39 is 0 Å². The number of hydrogen-bond acceptors (Lipinski definition) is 1. The number of benzene rings is 3. The molecule has 134 valence electrons. The Morgan fingerprint density at radius 2 is 1.85 bits per heavy atom. The molecule has 0 atom stereocenters. The summed E-state index contributed by atoms with van der Waals surface area (Å²) >= 11 is 0. The normalized spacial score (nSPS) is 11.5. The van der Waals surface area contributed by atoms with Crippen molar-refractivity contribution in [1.82, 2.24) is 4.57 Å². The molecule has 0 unspecified atom stereocenters. The monoisotopic (exact) mass is 356 g/mol. The Morgan fingerprint density at radius 3 is 2.67 bits per heavy atom. The number of fused-ring (bicyclic) bond motifs is 1. The third kappa shape index (κ3) is 3.82. The molecule has 0 spiro atoms. The van der Waals surface area contributed by atoms with Crippen LogP contribution < -0.4 is 0 Å². The highest BCUT2D eigenvalue weighted by molar-refractivity contribution is 5.90.